The van der Waals surface area contributed by atoms with E-state index in [4.69, 9.17) is 0 Å². The van der Waals surface area contributed by atoms with Gasteiger partial charge in [0.05, 0.1) is 11.8 Å². The summed E-state index contributed by atoms with van der Waals surface area (Å²) in [6.45, 7) is 3.39. The minimum atomic E-state index is -3.18. The van der Waals surface area contributed by atoms with Crippen LogP contribution in [0.5, 0.6) is 0 Å². The molecule has 8 heteroatoms. The summed E-state index contributed by atoms with van der Waals surface area (Å²) in [5, 5.41) is 0. The third-order valence-corrected chi connectivity index (χ3v) is 4.57. The molecular weight excluding hydrogens is 280 g/mol. The minimum absolute atomic E-state index is 0.152. The van der Waals surface area contributed by atoms with Crippen LogP contribution in [0.3, 0.4) is 0 Å². The van der Waals surface area contributed by atoms with Gasteiger partial charge in [-0.25, -0.2) is 18.4 Å². The molecule has 0 bridgehead atoms. The predicted molar refractivity (Wildman–Crippen MR) is 73.7 cm³/mol. The number of nitrogens with zero attached hydrogens (tertiary/aromatic N) is 4. The van der Waals surface area contributed by atoms with Crippen LogP contribution in [0, 0.1) is 0 Å². The number of hydrogen-bond acceptors (Lipinski definition) is 5. The molecule has 7 nitrogen and oxygen atoms in total. The average molecular weight is 298 g/mol. The molecule has 1 amide bonds. The smallest absolute Gasteiger partial charge is 0.257 e. The summed E-state index contributed by atoms with van der Waals surface area (Å²) in [4.78, 5) is 22.1. The van der Waals surface area contributed by atoms with E-state index in [-0.39, 0.29) is 5.91 Å². The number of aryl methyl sites for hydroxylation is 1. The number of carbonyl (C=O) groups is 1. The number of piperazine rings is 1. The van der Waals surface area contributed by atoms with E-state index in [9.17, 15) is 13.2 Å². The normalized spacial score (nSPS) is 17.2. The van der Waals surface area contributed by atoms with Crippen molar-refractivity contribution in [3.63, 3.8) is 0 Å². The van der Waals surface area contributed by atoms with Gasteiger partial charge in [0.2, 0.25) is 10.0 Å². The maximum absolute atomic E-state index is 12.2. The van der Waals surface area contributed by atoms with Crippen molar-refractivity contribution in [2.45, 2.75) is 13.3 Å². The second kappa shape index (κ2) is 5.84. The average Bonchev–Trinajstić information content (AvgIpc) is 2.46. The van der Waals surface area contributed by atoms with E-state index in [0.29, 0.717) is 37.6 Å². The molecule has 1 aliphatic rings. The maximum Gasteiger partial charge on any atom is 0.257 e. The molecule has 0 spiro atoms. The Hall–Kier alpha value is -1.54. The van der Waals surface area contributed by atoms with Gasteiger partial charge in [-0.05, 0) is 0 Å². The first-order valence-corrected chi connectivity index (χ1v) is 8.32. The van der Waals surface area contributed by atoms with Crippen molar-refractivity contribution in [3.05, 3.63) is 23.8 Å². The van der Waals surface area contributed by atoms with Crippen LogP contribution in [0.25, 0.3) is 0 Å². The molecular formula is C12H18N4O3S. The van der Waals surface area contributed by atoms with Crippen LogP contribution < -0.4 is 0 Å². The first kappa shape index (κ1) is 14.9. The topological polar surface area (TPSA) is 83.5 Å². The fourth-order valence-corrected chi connectivity index (χ4v) is 2.88. The Morgan fingerprint density at radius 3 is 2.20 bits per heavy atom. The van der Waals surface area contributed by atoms with Crippen LogP contribution in [0.2, 0.25) is 0 Å². The van der Waals surface area contributed by atoms with E-state index in [0.717, 1.165) is 6.42 Å². The second-order valence-electron chi connectivity index (χ2n) is 4.70. The molecule has 20 heavy (non-hydrogen) atoms. The SMILES string of the molecule is CCc1ncc(C(=O)N2CCN(S(C)(=O)=O)CC2)cn1. The highest BCUT2D eigenvalue weighted by molar-refractivity contribution is 7.88. The maximum atomic E-state index is 12.2. The van der Waals surface area contributed by atoms with Gasteiger partial charge in [0.25, 0.3) is 5.91 Å². The second-order valence-corrected chi connectivity index (χ2v) is 6.68. The Bertz CT molecular complexity index is 577. The summed E-state index contributed by atoms with van der Waals surface area (Å²) in [7, 11) is -3.18. The summed E-state index contributed by atoms with van der Waals surface area (Å²) in [6.07, 6.45) is 4.96. The third-order valence-electron chi connectivity index (χ3n) is 3.26. The molecule has 0 radical (unpaired) electrons. The van der Waals surface area contributed by atoms with Crippen molar-refractivity contribution in [1.29, 1.82) is 0 Å². The molecule has 0 N–H and O–H groups in total. The number of amides is 1. The molecule has 0 aromatic carbocycles. The largest absolute Gasteiger partial charge is 0.336 e. The molecule has 0 unspecified atom stereocenters. The molecule has 0 atom stereocenters. The lowest BCUT2D eigenvalue weighted by atomic mass is 10.2. The summed E-state index contributed by atoms with van der Waals surface area (Å²) in [6, 6.07) is 0. The fourth-order valence-electron chi connectivity index (χ4n) is 2.05. The molecule has 1 aromatic rings. The summed E-state index contributed by atoms with van der Waals surface area (Å²) in [5.41, 5.74) is 0.440. The summed E-state index contributed by atoms with van der Waals surface area (Å²) in [5.74, 6) is 0.546. The Labute approximate surface area is 118 Å². The van der Waals surface area contributed by atoms with Crippen molar-refractivity contribution in [1.82, 2.24) is 19.2 Å². The van der Waals surface area contributed by atoms with E-state index in [1.54, 1.807) is 4.90 Å². The van der Waals surface area contributed by atoms with Crippen LogP contribution in [-0.2, 0) is 16.4 Å². The van der Waals surface area contributed by atoms with Crippen molar-refractivity contribution in [2.75, 3.05) is 32.4 Å². The Balaban J connectivity index is 2.01. The number of hydrogen-bond donors (Lipinski definition) is 0. The van der Waals surface area contributed by atoms with Crippen LogP contribution >= 0.6 is 0 Å². The van der Waals surface area contributed by atoms with Crippen molar-refractivity contribution in [2.24, 2.45) is 0 Å². The molecule has 2 heterocycles. The lowest BCUT2D eigenvalue weighted by Gasteiger charge is -2.33. The number of sulfonamides is 1. The fraction of sp³-hybridized carbons (Fsp3) is 0.583. The molecule has 0 saturated carbocycles. The molecule has 2 rings (SSSR count). The first-order valence-electron chi connectivity index (χ1n) is 6.47. The third kappa shape index (κ3) is 3.31. The van der Waals surface area contributed by atoms with E-state index >= 15 is 0 Å². The van der Waals surface area contributed by atoms with Gasteiger partial charge in [-0.3, -0.25) is 4.79 Å². The standard InChI is InChI=1S/C12H18N4O3S/c1-3-11-13-8-10(9-14-11)12(17)15-4-6-16(7-5-15)20(2,18)19/h8-9H,3-7H2,1-2H3. The molecule has 110 valence electrons. The molecule has 1 aromatic heterocycles. The van der Waals surface area contributed by atoms with Gasteiger partial charge in [0, 0.05) is 45.0 Å². The van der Waals surface area contributed by atoms with Gasteiger partial charge in [-0.15, -0.1) is 0 Å². The van der Waals surface area contributed by atoms with Crippen LogP contribution in [0.1, 0.15) is 23.1 Å². The molecule has 1 fully saturated rings. The van der Waals surface area contributed by atoms with Gasteiger partial charge < -0.3 is 4.90 Å². The van der Waals surface area contributed by atoms with Crippen LogP contribution in [0.4, 0.5) is 0 Å². The predicted octanol–water partition coefficient (Wildman–Crippen LogP) is -0.244. The lowest BCUT2D eigenvalue weighted by Crippen LogP contribution is -2.50. The van der Waals surface area contributed by atoms with E-state index < -0.39 is 10.0 Å². The minimum Gasteiger partial charge on any atom is -0.336 e. The quantitative estimate of drug-likeness (QED) is 0.769. The Morgan fingerprint density at radius 1 is 1.20 bits per heavy atom. The Morgan fingerprint density at radius 2 is 1.75 bits per heavy atom. The van der Waals surface area contributed by atoms with Crippen LogP contribution in [-0.4, -0.2) is 65.9 Å². The van der Waals surface area contributed by atoms with Gasteiger partial charge >= 0.3 is 0 Å². The number of aromatic nitrogens is 2. The monoisotopic (exact) mass is 298 g/mol. The van der Waals surface area contributed by atoms with E-state index in [1.165, 1.54) is 23.0 Å². The van der Waals surface area contributed by atoms with Crippen LogP contribution in [0.15, 0.2) is 12.4 Å². The molecule has 1 saturated heterocycles. The number of rotatable bonds is 3. The highest BCUT2D eigenvalue weighted by Gasteiger charge is 2.26. The first-order chi connectivity index (χ1) is 9.41. The zero-order chi connectivity index (χ0) is 14.8. The van der Waals surface area contributed by atoms with Crippen molar-refractivity contribution >= 4 is 15.9 Å². The van der Waals surface area contributed by atoms with E-state index in [2.05, 4.69) is 9.97 Å². The van der Waals surface area contributed by atoms with Gasteiger partial charge in [-0.2, -0.15) is 4.31 Å². The summed E-state index contributed by atoms with van der Waals surface area (Å²) < 4.78 is 24.2. The van der Waals surface area contributed by atoms with Crippen molar-refractivity contribution < 1.29 is 13.2 Å². The molecule has 0 aliphatic carbocycles. The highest BCUT2D eigenvalue weighted by atomic mass is 32.2. The van der Waals surface area contributed by atoms with Gasteiger partial charge in [-0.1, -0.05) is 6.92 Å². The van der Waals surface area contributed by atoms with Crippen molar-refractivity contribution in [3.8, 4) is 0 Å². The van der Waals surface area contributed by atoms with E-state index in [1.807, 2.05) is 6.92 Å². The zero-order valence-corrected chi connectivity index (χ0v) is 12.4. The summed E-state index contributed by atoms with van der Waals surface area (Å²) >= 11 is 0. The number of carbonyl (C=O) groups excluding carboxylic acids is 1. The molecule has 1 aliphatic heterocycles. The Kier molecular flexibility index (Phi) is 4.34. The van der Waals surface area contributed by atoms with Gasteiger partial charge in [0.15, 0.2) is 0 Å². The zero-order valence-electron chi connectivity index (χ0n) is 11.6. The highest BCUT2D eigenvalue weighted by Crippen LogP contribution is 2.10. The lowest BCUT2D eigenvalue weighted by molar-refractivity contribution is 0.0697. The van der Waals surface area contributed by atoms with Gasteiger partial charge in [0.1, 0.15) is 5.82 Å².